The summed E-state index contributed by atoms with van der Waals surface area (Å²) in [5.74, 6) is -0.622. The third-order valence-corrected chi connectivity index (χ3v) is 6.11. The Balaban J connectivity index is 1.66. The fourth-order valence-electron chi connectivity index (χ4n) is 4.58. The molecule has 1 N–H and O–H groups in total. The number of benzene rings is 3. The van der Waals surface area contributed by atoms with Crippen molar-refractivity contribution in [2.45, 2.75) is 39.8 Å². The molecule has 33 heavy (non-hydrogen) atoms. The number of hydrogen-bond donors (Lipinski definition) is 1. The molecule has 4 rings (SSSR count). The van der Waals surface area contributed by atoms with Gasteiger partial charge in [0.1, 0.15) is 12.6 Å². The first kappa shape index (κ1) is 22.5. The van der Waals surface area contributed by atoms with Gasteiger partial charge in [-0.15, -0.1) is 0 Å². The Labute approximate surface area is 194 Å². The molecule has 1 aliphatic heterocycles. The maximum absolute atomic E-state index is 13.7. The maximum atomic E-state index is 13.7. The summed E-state index contributed by atoms with van der Waals surface area (Å²) in [7, 11) is 0. The molecule has 0 aromatic heterocycles. The lowest BCUT2D eigenvalue weighted by Crippen LogP contribution is -2.52. The zero-order valence-electron chi connectivity index (χ0n) is 19.3. The minimum absolute atomic E-state index is 0.117. The van der Waals surface area contributed by atoms with E-state index in [2.05, 4.69) is 5.32 Å². The molecule has 1 atom stereocenters. The largest absolute Gasteiger partial charge is 0.355 e. The molecule has 3 aromatic carbocycles. The standard InChI is InChI=1S/C27H29N3O3/c1-4-22(26(32)28-5-2)29(16-19-10-6-9-18(3)15-19)24(31)17-30-23-14-8-12-20-11-7-13-21(25(20)23)27(30)33/h6-15,22H,4-5,16-17H2,1-3H3,(H,28,32)/t22-/m0/s1. The Kier molecular flexibility index (Phi) is 6.45. The van der Waals surface area contributed by atoms with Crippen LogP contribution in [0.5, 0.6) is 0 Å². The molecule has 3 amide bonds. The molecule has 0 aliphatic carbocycles. The van der Waals surface area contributed by atoms with Gasteiger partial charge in [-0.25, -0.2) is 0 Å². The second-order valence-electron chi connectivity index (χ2n) is 8.40. The summed E-state index contributed by atoms with van der Waals surface area (Å²) in [6.07, 6.45) is 0.479. The summed E-state index contributed by atoms with van der Waals surface area (Å²) in [6, 6.07) is 18.6. The van der Waals surface area contributed by atoms with Gasteiger partial charge in [0.15, 0.2) is 0 Å². The van der Waals surface area contributed by atoms with Crippen molar-refractivity contribution in [1.82, 2.24) is 10.2 Å². The number of anilines is 1. The average Bonchev–Trinajstić information content (AvgIpc) is 3.07. The van der Waals surface area contributed by atoms with Crippen molar-refractivity contribution in [2.75, 3.05) is 18.0 Å². The first-order chi connectivity index (χ1) is 15.9. The number of nitrogens with zero attached hydrogens (tertiary/aromatic N) is 2. The average molecular weight is 444 g/mol. The molecule has 1 heterocycles. The zero-order valence-corrected chi connectivity index (χ0v) is 19.3. The van der Waals surface area contributed by atoms with Crippen LogP contribution in [-0.4, -0.2) is 41.8 Å². The van der Waals surface area contributed by atoms with Gasteiger partial charge in [-0.3, -0.25) is 19.3 Å². The predicted molar refractivity (Wildman–Crippen MR) is 130 cm³/mol. The van der Waals surface area contributed by atoms with Crippen LogP contribution in [0.2, 0.25) is 0 Å². The first-order valence-electron chi connectivity index (χ1n) is 11.4. The highest BCUT2D eigenvalue weighted by molar-refractivity contribution is 6.26. The van der Waals surface area contributed by atoms with E-state index in [1.807, 2.05) is 75.4 Å². The Bertz CT molecular complexity index is 1210. The fraction of sp³-hybridized carbons (Fsp3) is 0.296. The molecule has 6 heteroatoms. The van der Waals surface area contributed by atoms with E-state index in [9.17, 15) is 14.4 Å². The number of rotatable bonds is 8. The number of likely N-dealkylation sites (N-methyl/N-ethyl adjacent to an activating group) is 1. The van der Waals surface area contributed by atoms with Crippen molar-refractivity contribution >= 4 is 34.2 Å². The van der Waals surface area contributed by atoms with Crippen molar-refractivity contribution in [1.29, 1.82) is 0 Å². The van der Waals surface area contributed by atoms with Crippen LogP contribution in [0.15, 0.2) is 60.7 Å². The van der Waals surface area contributed by atoms with E-state index in [-0.39, 0.29) is 24.3 Å². The van der Waals surface area contributed by atoms with Crippen molar-refractivity contribution in [2.24, 2.45) is 0 Å². The molecule has 0 unspecified atom stereocenters. The monoisotopic (exact) mass is 443 g/mol. The van der Waals surface area contributed by atoms with E-state index in [4.69, 9.17) is 0 Å². The van der Waals surface area contributed by atoms with Crippen LogP contribution in [0.3, 0.4) is 0 Å². The minimum atomic E-state index is -0.617. The molecule has 0 bridgehead atoms. The van der Waals surface area contributed by atoms with Gasteiger partial charge in [-0.05, 0) is 43.4 Å². The summed E-state index contributed by atoms with van der Waals surface area (Å²) in [6.45, 7) is 6.43. The van der Waals surface area contributed by atoms with Gasteiger partial charge in [-0.1, -0.05) is 61.0 Å². The molecule has 6 nitrogen and oxygen atoms in total. The highest BCUT2D eigenvalue weighted by Gasteiger charge is 2.34. The van der Waals surface area contributed by atoms with Crippen molar-refractivity contribution in [3.63, 3.8) is 0 Å². The molecular formula is C27H29N3O3. The second kappa shape index (κ2) is 9.45. The van der Waals surface area contributed by atoms with Crippen LogP contribution < -0.4 is 10.2 Å². The molecule has 0 spiro atoms. The van der Waals surface area contributed by atoms with Crippen LogP contribution >= 0.6 is 0 Å². The van der Waals surface area contributed by atoms with Crippen LogP contribution in [-0.2, 0) is 16.1 Å². The van der Waals surface area contributed by atoms with Gasteiger partial charge in [0.2, 0.25) is 11.8 Å². The normalized spacial score (nSPS) is 13.3. The van der Waals surface area contributed by atoms with E-state index >= 15 is 0 Å². The summed E-state index contributed by atoms with van der Waals surface area (Å²) in [5.41, 5.74) is 3.38. The van der Waals surface area contributed by atoms with Gasteiger partial charge in [-0.2, -0.15) is 0 Å². The number of aryl methyl sites for hydroxylation is 1. The number of nitrogens with one attached hydrogen (secondary N) is 1. The lowest BCUT2D eigenvalue weighted by Gasteiger charge is -2.32. The van der Waals surface area contributed by atoms with Gasteiger partial charge < -0.3 is 10.2 Å². The molecule has 170 valence electrons. The number of carbonyl (C=O) groups excluding carboxylic acids is 3. The lowest BCUT2D eigenvalue weighted by molar-refractivity contribution is -0.140. The van der Waals surface area contributed by atoms with Crippen molar-refractivity contribution < 1.29 is 14.4 Å². The Morgan fingerprint density at radius 1 is 1.03 bits per heavy atom. The van der Waals surface area contributed by atoms with E-state index in [0.717, 1.165) is 27.6 Å². The minimum Gasteiger partial charge on any atom is -0.355 e. The highest BCUT2D eigenvalue weighted by atomic mass is 16.2. The summed E-state index contributed by atoms with van der Waals surface area (Å²) in [4.78, 5) is 42.8. The molecule has 0 saturated heterocycles. The molecular weight excluding hydrogens is 414 g/mol. The lowest BCUT2D eigenvalue weighted by atomic mass is 10.1. The Hall–Kier alpha value is -3.67. The van der Waals surface area contributed by atoms with E-state index in [0.29, 0.717) is 25.1 Å². The van der Waals surface area contributed by atoms with E-state index in [1.54, 1.807) is 11.0 Å². The van der Waals surface area contributed by atoms with Crippen molar-refractivity contribution in [3.8, 4) is 0 Å². The quantitative estimate of drug-likeness (QED) is 0.571. The third kappa shape index (κ3) is 4.33. The highest BCUT2D eigenvalue weighted by Crippen LogP contribution is 2.37. The Morgan fingerprint density at radius 3 is 2.45 bits per heavy atom. The maximum Gasteiger partial charge on any atom is 0.259 e. The van der Waals surface area contributed by atoms with Gasteiger partial charge >= 0.3 is 0 Å². The van der Waals surface area contributed by atoms with Gasteiger partial charge in [0.25, 0.3) is 5.91 Å². The predicted octanol–water partition coefficient (Wildman–Crippen LogP) is 4.05. The SMILES string of the molecule is CCNC(=O)[C@H](CC)N(Cc1cccc(C)c1)C(=O)CN1C(=O)c2cccc3cccc1c23. The molecule has 0 radical (unpaired) electrons. The topological polar surface area (TPSA) is 69.7 Å². The number of hydrogen-bond acceptors (Lipinski definition) is 3. The summed E-state index contributed by atoms with van der Waals surface area (Å²) >= 11 is 0. The first-order valence-corrected chi connectivity index (χ1v) is 11.4. The summed E-state index contributed by atoms with van der Waals surface area (Å²) < 4.78 is 0. The Morgan fingerprint density at radius 2 is 1.76 bits per heavy atom. The van der Waals surface area contributed by atoms with Crippen LogP contribution in [0.4, 0.5) is 5.69 Å². The number of carbonyl (C=O) groups is 3. The van der Waals surface area contributed by atoms with Crippen LogP contribution in [0.1, 0.15) is 41.8 Å². The van der Waals surface area contributed by atoms with E-state index < -0.39 is 6.04 Å². The zero-order chi connectivity index (χ0) is 23.5. The molecule has 1 aliphatic rings. The van der Waals surface area contributed by atoms with Crippen LogP contribution in [0, 0.1) is 6.92 Å². The smallest absolute Gasteiger partial charge is 0.259 e. The molecule has 0 fully saturated rings. The van der Waals surface area contributed by atoms with E-state index in [1.165, 1.54) is 4.90 Å². The fourth-order valence-corrected chi connectivity index (χ4v) is 4.58. The summed E-state index contributed by atoms with van der Waals surface area (Å²) in [5, 5.41) is 4.69. The molecule has 0 saturated carbocycles. The van der Waals surface area contributed by atoms with Crippen LogP contribution in [0.25, 0.3) is 10.8 Å². The third-order valence-electron chi connectivity index (χ3n) is 6.11. The van der Waals surface area contributed by atoms with Crippen molar-refractivity contribution in [3.05, 3.63) is 77.4 Å². The second-order valence-corrected chi connectivity index (χ2v) is 8.40. The molecule has 3 aromatic rings. The van der Waals surface area contributed by atoms with Gasteiger partial charge in [0.05, 0.1) is 5.69 Å². The van der Waals surface area contributed by atoms with Gasteiger partial charge in [0, 0.05) is 24.0 Å². The number of amides is 3.